The van der Waals surface area contributed by atoms with Gasteiger partial charge in [0, 0.05) is 37.5 Å². The summed E-state index contributed by atoms with van der Waals surface area (Å²) in [6.07, 6.45) is 7.31. The molecule has 2 saturated heterocycles. The lowest BCUT2D eigenvalue weighted by Gasteiger charge is -2.34. The fourth-order valence-electron chi connectivity index (χ4n) is 8.07. The summed E-state index contributed by atoms with van der Waals surface area (Å²) in [6.45, 7) is 8.60. The summed E-state index contributed by atoms with van der Waals surface area (Å²) in [7, 11) is -3.83. The molecule has 5 atom stereocenters. The molecule has 0 radical (unpaired) electrons. The highest BCUT2D eigenvalue weighted by Gasteiger charge is 2.44. The number of aryl methyl sites for hydroxylation is 1. The van der Waals surface area contributed by atoms with Crippen molar-refractivity contribution in [2.24, 2.45) is 11.8 Å². The first kappa shape index (κ1) is 44.8. The molecule has 2 aliphatic heterocycles. The highest BCUT2D eigenvalue weighted by molar-refractivity contribution is 7.88. The van der Waals surface area contributed by atoms with E-state index in [-0.39, 0.29) is 49.7 Å². The predicted octanol–water partition coefficient (Wildman–Crippen LogP) is 5.31. The van der Waals surface area contributed by atoms with Gasteiger partial charge in [-0.1, -0.05) is 67.9 Å². The summed E-state index contributed by atoms with van der Waals surface area (Å²) in [5, 5.41) is 19.2. The number of halogens is 1. The number of rotatable bonds is 16. The third kappa shape index (κ3) is 13.6. The summed E-state index contributed by atoms with van der Waals surface area (Å²) in [6, 6.07) is 4.30. The number of carbonyl (C=O) groups is 3. The molecule has 3 amide bonds. The van der Waals surface area contributed by atoms with Crippen LogP contribution in [0.25, 0.3) is 0 Å². The summed E-state index contributed by atoms with van der Waals surface area (Å²) in [5.74, 6) is -0.128. The molecule has 17 heteroatoms. The van der Waals surface area contributed by atoms with Crippen molar-refractivity contribution in [2.45, 2.75) is 147 Å². The Morgan fingerprint density at radius 1 is 1.05 bits per heavy atom. The van der Waals surface area contributed by atoms with Crippen LogP contribution in [0.15, 0.2) is 28.8 Å². The number of hydrogen-bond donors (Lipinski definition) is 3. The van der Waals surface area contributed by atoms with Crippen molar-refractivity contribution in [3.63, 3.8) is 0 Å². The second-order valence-electron chi connectivity index (χ2n) is 16.9. The zero-order valence-corrected chi connectivity index (χ0v) is 35.5. The first-order valence-electron chi connectivity index (χ1n) is 20.4. The average molecular weight is 837 g/mol. The molecular formula is C40H61ClN6O9S. The first-order chi connectivity index (χ1) is 27.0. The number of piperidine rings is 1. The van der Waals surface area contributed by atoms with Gasteiger partial charge in [0.2, 0.25) is 33.6 Å². The van der Waals surface area contributed by atoms with Gasteiger partial charge in [-0.3, -0.25) is 9.59 Å². The van der Waals surface area contributed by atoms with E-state index < -0.39 is 57.8 Å². The molecular weight excluding hydrogens is 776 g/mol. The molecule has 1 unspecified atom stereocenters. The Bertz CT molecular complexity index is 1740. The van der Waals surface area contributed by atoms with Crippen LogP contribution in [0.3, 0.4) is 0 Å². The Balaban J connectivity index is 1.33. The Hall–Kier alpha value is -3.31. The molecule has 2 aromatic rings. The van der Waals surface area contributed by atoms with E-state index in [0.29, 0.717) is 56.1 Å². The van der Waals surface area contributed by atoms with Gasteiger partial charge in [0.25, 0.3) is 0 Å². The second-order valence-corrected chi connectivity index (χ2v) is 19.1. The van der Waals surface area contributed by atoms with E-state index in [1.54, 1.807) is 17.0 Å². The van der Waals surface area contributed by atoms with E-state index in [0.717, 1.165) is 43.9 Å². The number of aliphatic hydroxyl groups is 1. The standard InChI is InChI=1S/C40H61ClN6O9S/c1-6-34-43-36(44-56-34)35(48)32(22-27-10-8-7-9-11-27)42-37(49)33-23-30(54-25-28-12-15-29(41)16-13-28)24-47(33)38(50)31(45-57(5,52)53)17-14-26-18-20-46(21-19-26)39(51)55-40(2,3)4/h12-13,15-16,26-27,30-33,35,45,48H,6-11,14,17-25H2,1-5H3,(H,42,49)/t30-,31-,32+,33+,35?/m1/s1. The topological polar surface area (TPSA) is 193 Å². The molecule has 318 valence electrons. The van der Waals surface area contributed by atoms with Gasteiger partial charge >= 0.3 is 6.09 Å². The molecule has 1 aliphatic carbocycles. The van der Waals surface area contributed by atoms with Crippen LogP contribution in [0, 0.1) is 11.8 Å². The van der Waals surface area contributed by atoms with Gasteiger partial charge in [0.1, 0.15) is 23.8 Å². The minimum absolute atomic E-state index is 0.0568. The van der Waals surface area contributed by atoms with E-state index in [1.165, 1.54) is 4.90 Å². The lowest BCUT2D eigenvalue weighted by molar-refractivity contribution is -0.140. The Labute approximate surface area is 342 Å². The Kier molecular flexibility index (Phi) is 15.8. The highest BCUT2D eigenvalue weighted by atomic mass is 35.5. The normalized spacial score (nSPS) is 21.6. The molecule has 0 bridgehead atoms. The van der Waals surface area contributed by atoms with Gasteiger partial charge < -0.3 is 34.2 Å². The van der Waals surface area contributed by atoms with Crippen molar-refractivity contribution in [1.29, 1.82) is 0 Å². The summed E-state index contributed by atoms with van der Waals surface area (Å²) in [5.41, 5.74) is 0.258. The van der Waals surface area contributed by atoms with Crippen LogP contribution < -0.4 is 10.0 Å². The van der Waals surface area contributed by atoms with Crippen LogP contribution in [0.1, 0.15) is 122 Å². The van der Waals surface area contributed by atoms with E-state index in [2.05, 4.69) is 20.2 Å². The third-order valence-corrected chi connectivity index (χ3v) is 12.1. The minimum Gasteiger partial charge on any atom is -0.444 e. The average Bonchev–Trinajstić information content (AvgIpc) is 3.83. The summed E-state index contributed by atoms with van der Waals surface area (Å²) in [4.78, 5) is 49.0. The molecule has 3 N–H and O–H groups in total. The smallest absolute Gasteiger partial charge is 0.410 e. The third-order valence-electron chi connectivity index (χ3n) is 11.1. The number of ether oxygens (including phenoxy) is 2. The SMILES string of the molecule is CCc1nc(C(O)[C@H](CC2CCCCC2)NC(=O)[C@@H]2C[C@@H](OCc3ccc(Cl)cc3)CN2C(=O)[C@@H](CCC2CCN(C(=O)OC(C)(C)C)CC2)NS(C)(=O)=O)no1. The van der Waals surface area contributed by atoms with Crippen molar-refractivity contribution in [2.75, 3.05) is 25.9 Å². The minimum atomic E-state index is -3.83. The van der Waals surface area contributed by atoms with Crippen molar-refractivity contribution >= 4 is 39.5 Å². The van der Waals surface area contributed by atoms with Crippen LogP contribution in [-0.4, -0.2) is 107 Å². The fraction of sp³-hybridized carbons (Fsp3) is 0.725. The monoisotopic (exact) mass is 836 g/mol. The number of nitrogens with zero attached hydrogens (tertiary/aromatic N) is 4. The van der Waals surface area contributed by atoms with Crippen LogP contribution >= 0.6 is 11.6 Å². The zero-order chi connectivity index (χ0) is 41.3. The van der Waals surface area contributed by atoms with Crippen LogP contribution in [0.2, 0.25) is 5.02 Å². The molecule has 3 fully saturated rings. The number of aromatic nitrogens is 2. The van der Waals surface area contributed by atoms with E-state index in [1.807, 2.05) is 39.8 Å². The molecule has 1 aromatic carbocycles. The van der Waals surface area contributed by atoms with Gasteiger partial charge in [0.05, 0.1) is 25.0 Å². The van der Waals surface area contributed by atoms with E-state index >= 15 is 0 Å². The highest BCUT2D eigenvalue weighted by Crippen LogP contribution is 2.32. The summed E-state index contributed by atoms with van der Waals surface area (Å²) >= 11 is 6.08. The number of amides is 3. The number of nitrogens with one attached hydrogen (secondary N) is 2. The number of aliphatic hydroxyl groups excluding tert-OH is 1. The molecule has 0 spiro atoms. The maximum absolute atomic E-state index is 14.5. The molecule has 57 heavy (non-hydrogen) atoms. The zero-order valence-electron chi connectivity index (χ0n) is 34.0. The van der Waals surface area contributed by atoms with Crippen molar-refractivity contribution in [3.05, 3.63) is 46.6 Å². The lowest BCUT2D eigenvalue weighted by atomic mass is 9.83. The van der Waals surface area contributed by atoms with Gasteiger partial charge in [-0.15, -0.1) is 0 Å². The number of hydrogen-bond acceptors (Lipinski definition) is 11. The Morgan fingerprint density at radius 2 is 1.74 bits per heavy atom. The maximum atomic E-state index is 14.5. The molecule has 15 nitrogen and oxygen atoms in total. The van der Waals surface area contributed by atoms with Crippen molar-refractivity contribution < 1.29 is 41.9 Å². The fourth-order valence-corrected chi connectivity index (χ4v) is 8.93. The van der Waals surface area contributed by atoms with Crippen LogP contribution in [-0.2, 0) is 42.1 Å². The van der Waals surface area contributed by atoms with Crippen LogP contribution in [0.5, 0.6) is 0 Å². The largest absolute Gasteiger partial charge is 0.444 e. The predicted molar refractivity (Wildman–Crippen MR) is 213 cm³/mol. The Morgan fingerprint density at radius 3 is 2.35 bits per heavy atom. The van der Waals surface area contributed by atoms with Gasteiger partial charge in [-0.05, 0) is 82.4 Å². The molecule has 1 saturated carbocycles. The molecule has 3 aliphatic rings. The maximum Gasteiger partial charge on any atom is 0.410 e. The van der Waals surface area contributed by atoms with Gasteiger partial charge in [0.15, 0.2) is 0 Å². The van der Waals surface area contributed by atoms with Gasteiger partial charge in [-0.25, -0.2) is 17.9 Å². The van der Waals surface area contributed by atoms with Gasteiger partial charge in [-0.2, -0.15) is 4.98 Å². The molecule has 5 rings (SSSR count). The summed E-state index contributed by atoms with van der Waals surface area (Å²) < 4.78 is 45.0. The van der Waals surface area contributed by atoms with Crippen LogP contribution in [0.4, 0.5) is 4.79 Å². The number of sulfonamides is 1. The lowest BCUT2D eigenvalue weighted by Crippen LogP contribution is -2.55. The number of carbonyl (C=O) groups excluding carboxylic acids is 3. The van der Waals surface area contributed by atoms with E-state index in [4.69, 9.17) is 25.6 Å². The molecule has 3 heterocycles. The number of likely N-dealkylation sites (tertiary alicyclic amines) is 2. The number of benzene rings is 1. The second kappa shape index (κ2) is 20.1. The quantitative estimate of drug-likeness (QED) is 0.199. The molecule has 1 aromatic heterocycles. The van der Waals surface area contributed by atoms with Crippen molar-refractivity contribution in [3.8, 4) is 0 Å². The first-order valence-corrected chi connectivity index (χ1v) is 22.7. The van der Waals surface area contributed by atoms with E-state index in [9.17, 15) is 27.9 Å². The van der Waals surface area contributed by atoms with Crippen molar-refractivity contribution in [1.82, 2.24) is 30.0 Å².